The molecule has 0 amide bonds. The van der Waals surface area contributed by atoms with Gasteiger partial charge in [0.05, 0.1) is 6.61 Å². The van der Waals surface area contributed by atoms with Gasteiger partial charge in [-0.2, -0.15) is 0 Å². The van der Waals surface area contributed by atoms with Gasteiger partial charge in [0.15, 0.2) is 0 Å². The Morgan fingerprint density at radius 3 is 3.00 bits per heavy atom. The molecule has 1 aliphatic carbocycles. The Hall–Kier alpha value is -1.50. The molecule has 0 saturated carbocycles. The monoisotopic (exact) mass is 200 g/mol. The fourth-order valence-corrected chi connectivity index (χ4v) is 1.68. The second-order valence-electron chi connectivity index (χ2n) is 3.83. The summed E-state index contributed by atoms with van der Waals surface area (Å²) in [6, 6.07) is 8.18. The van der Waals surface area contributed by atoms with Crippen LogP contribution in [0.25, 0.3) is 0 Å². The minimum Gasteiger partial charge on any atom is -0.493 e. The van der Waals surface area contributed by atoms with Crippen LogP contribution in [0.15, 0.2) is 48.1 Å². The van der Waals surface area contributed by atoms with Crippen LogP contribution in [-0.2, 0) is 0 Å². The predicted molar refractivity (Wildman–Crippen MR) is 63.1 cm³/mol. The Labute approximate surface area is 91.1 Å². The smallest absolute Gasteiger partial charge is 0.119 e. The molecule has 0 saturated heterocycles. The van der Waals surface area contributed by atoms with Crippen LogP contribution >= 0.6 is 0 Å². The van der Waals surface area contributed by atoms with Crippen molar-refractivity contribution in [3.05, 3.63) is 53.6 Å². The van der Waals surface area contributed by atoms with Gasteiger partial charge in [0, 0.05) is 6.42 Å². The second kappa shape index (κ2) is 4.83. The highest BCUT2D eigenvalue weighted by molar-refractivity contribution is 5.28. The maximum absolute atomic E-state index is 5.67. The molecule has 0 radical (unpaired) electrons. The van der Waals surface area contributed by atoms with E-state index in [0.29, 0.717) is 0 Å². The highest BCUT2D eigenvalue weighted by Gasteiger charge is 1.98. The molecule has 1 aromatic rings. The Bertz CT molecular complexity index is 388. The third-order valence-electron chi connectivity index (χ3n) is 2.50. The van der Waals surface area contributed by atoms with Crippen LogP contribution in [0.4, 0.5) is 0 Å². The van der Waals surface area contributed by atoms with E-state index < -0.39 is 0 Å². The fourth-order valence-electron chi connectivity index (χ4n) is 1.68. The number of allylic oxidation sites excluding steroid dienone is 3. The lowest BCUT2D eigenvalue weighted by molar-refractivity contribution is 0.322. The molecule has 0 unspecified atom stereocenters. The molecule has 0 aliphatic heterocycles. The Balaban J connectivity index is 1.80. The average Bonchev–Trinajstić information content (AvgIpc) is 2.71. The first-order chi connectivity index (χ1) is 7.34. The second-order valence-corrected chi connectivity index (χ2v) is 3.83. The van der Waals surface area contributed by atoms with E-state index in [1.165, 1.54) is 11.1 Å². The minimum atomic E-state index is 0.764. The summed E-state index contributed by atoms with van der Waals surface area (Å²) in [4.78, 5) is 0. The first kappa shape index (κ1) is 10.0. The summed E-state index contributed by atoms with van der Waals surface area (Å²) in [6.45, 7) is 2.84. The van der Waals surface area contributed by atoms with Crippen molar-refractivity contribution in [3.63, 3.8) is 0 Å². The molecule has 1 aromatic carbocycles. The molecular weight excluding hydrogens is 184 g/mol. The van der Waals surface area contributed by atoms with E-state index in [0.717, 1.165) is 25.2 Å². The van der Waals surface area contributed by atoms with E-state index in [1.807, 2.05) is 12.1 Å². The van der Waals surface area contributed by atoms with E-state index in [9.17, 15) is 0 Å². The maximum atomic E-state index is 5.67. The van der Waals surface area contributed by atoms with Crippen LogP contribution in [0.2, 0.25) is 0 Å². The van der Waals surface area contributed by atoms with E-state index in [2.05, 4.69) is 37.3 Å². The van der Waals surface area contributed by atoms with Gasteiger partial charge in [-0.3, -0.25) is 0 Å². The largest absolute Gasteiger partial charge is 0.493 e. The zero-order valence-corrected chi connectivity index (χ0v) is 9.07. The lowest BCUT2D eigenvalue weighted by Gasteiger charge is -2.06. The molecule has 0 N–H and O–H groups in total. The lowest BCUT2D eigenvalue weighted by atomic mass is 10.2. The van der Waals surface area contributed by atoms with Crippen molar-refractivity contribution in [2.24, 2.45) is 0 Å². The molecule has 0 atom stereocenters. The summed E-state index contributed by atoms with van der Waals surface area (Å²) < 4.78 is 5.67. The molecule has 0 aromatic heterocycles. The first-order valence-electron chi connectivity index (χ1n) is 5.39. The van der Waals surface area contributed by atoms with Gasteiger partial charge < -0.3 is 4.74 Å². The normalized spacial score (nSPS) is 14.1. The summed E-state index contributed by atoms with van der Waals surface area (Å²) in [5.41, 5.74) is 2.63. The van der Waals surface area contributed by atoms with Gasteiger partial charge in [0.1, 0.15) is 5.75 Å². The Morgan fingerprint density at radius 2 is 2.27 bits per heavy atom. The van der Waals surface area contributed by atoms with Crippen molar-refractivity contribution in [2.75, 3.05) is 6.61 Å². The topological polar surface area (TPSA) is 9.23 Å². The van der Waals surface area contributed by atoms with Crippen LogP contribution in [0.5, 0.6) is 5.75 Å². The highest BCUT2D eigenvalue weighted by atomic mass is 16.5. The predicted octanol–water partition coefficient (Wildman–Crippen LogP) is 3.65. The Kier molecular flexibility index (Phi) is 3.23. The molecule has 0 heterocycles. The maximum Gasteiger partial charge on any atom is 0.119 e. The van der Waals surface area contributed by atoms with Crippen LogP contribution in [-0.4, -0.2) is 6.61 Å². The van der Waals surface area contributed by atoms with Crippen LogP contribution in [0.3, 0.4) is 0 Å². The number of rotatable bonds is 4. The molecule has 0 fully saturated rings. The van der Waals surface area contributed by atoms with Gasteiger partial charge in [-0.1, -0.05) is 30.4 Å². The van der Waals surface area contributed by atoms with E-state index >= 15 is 0 Å². The van der Waals surface area contributed by atoms with Crippen molar-refractivity contribution in [1.82, 2.24) is 0 Å². The van der Waals surface area contributed by atoms with Gasteiger partial charge in [-0.05, 0) is 36.6 Å². The van der Waals surface area contributed by atoms with Gasteiger partial charge in [0.2, 0.25) is 0 Å². The minimum absolute atomic E-state index is 0.764. The number of hydrogen-bond acceptors (Lipinski definition) is 1. The summed E-state index contributed by atoms with van der Waals surface area (Å²) in [7, 11) is 0. The molecule has 78 valence electrons. The summed E-state index contributed by atoms with van der Waals surface area (Å²) >= 11 is 0. The van der Waals surface area contributed by atoms with Crippen molar-refractivity contribution in [1.29, 1.82) is 0 Å². The zero-order chi connectivity index (χ0) is 10.5. The van der Waals surface area contributed by atoms with E-state index in [1.54, 1.807) is 0 Å². The third kappa shape index (κ3) is 2.98. The standard InChI is InChI=1S/C14H16O/c1-12-5-4-8-14(11-12)15-10-9-13-6-2-3-7-13/h2,4-8,11H,3,9-10H2,1H3. The highest BCUT2D eigenvalue weighted by Crippen LogP contribution is 2.16. The van der Waals surface area contributed by atoms with Crippen molar-refractivity contribution in [2.45, 2.75) is 19.8 Å². The van der Waals surface area contributed by atoms with Crippen LogP contribution in [0, 0.1) is 6.92 Å². The zero-order valence-electron chi connectivity index (χ0n) is 9.07. The van der Waals surface area contributed by atoms with Crippen LogP contribution in [0.1, 0.15) is 18.4 Å². The fraction of sp³-hybridized carbons (Fsp3) is 0.286. The number of aryl methyl sites for hydroxylation is 1. The lowest BCUT2D eigenvalue weighted by Crippen LogP contribution is -1.97. The molecular formula is C14H16O. The van der Waals surface area contributed by atoms with Crippen molar-refractivity contribution >= 4 is 0 Å². The quantitative estimate of drug-likeness (QED) is 0.720. The van der Waals surface area contributed by atoms with E-state index in [4.69, 9.17) is 4.74 Å². The summed E-state index contributed by atoms with van der Waals surface area (Å²) in [5, 5.41) is 0. The molecule has 15 heavy (non-hydrogen) atoms. The molecule has 2 rings (SSSR count). The van der Waals surface area contributed by atoms with Gasteiger partial charge >= 0.3 is 0 Å². The number of ether oxygens (including phenoxy) is 1. The third-order valence-corrected chi connectivity index (χ3v) is 2.50. The van der Waals surface area contributed by atoms with Gasteiger partial charge in [-0.15, -0.1) is 0 Å². The molecule has 1 aliphatic rings. The average molecular weight is 200 g/mol. The van der Waals surface area contributed by atoms with Crippen molar-refractivity contribution in [3.8, 4) is 5.75 Å². The molecule has 0 spiro atoms. The first-order valence-corrected chi connectivity index (χ1v) is 5.39. The number of benzene rings is 1. The van der Waals surface area contributed by atoms with Gasteiger partial charge in [-0.25, -0.2) is 0 Å². The van der Waals surface area contributed by atoms with Gasteiger partial charge in [0.25, 0.3) is 0 Å². The summed E-state index contributed by atoms with van der Waals surface area (Å²) in [5.74, 6) is 0.970. The van der Waals surface area contributed by atoms with E-state index in [-0.39, 0.29) is 0 Å². The molecule has 1 heteroatoms. The van der Waals surface area contributed by atoms with Crippen LogP contribution < -0.4 is 4.74 Å². The summed E-state index contributed by atoms with van der Waals surface area (Å²) in [6.07, 6.45) is 8.70. The number of hydrogen-bond donors (Lipinski definition) is 0. The Morgan fingerprint density at radius 1 is 1.33 bits per heavy atom. The molecule has 0 bridgehead atoms. The van der Waals surface area contributed by atoms with Crippen molar-refractivity contribution < 1.29 is 4.74 Å². The molecule has 1 nitrogen and oxygen atoms in total. The SMILES string of the molecule is Cc1cccc(OCCC2=CCC=C2)c1.